The lowest BCUT2D eigenvalue weighted by Gasteiger charge is -2.12. The molecule has 0 unspecified atom stereocenters. The summed E-state index contributed by atoms with van der Waals surface area (Å²) in [6.07, 6.45) is 8.35. The highest BCUT2D eigenvalue weighted by atomic mass is 16.5. The van der Waals surface area contributed by atoms with Crippen LogP contribution in [-0.2, 0) is 11.3 Å². The maximum Gasteiger partial charge on any atom is 0.346 e. The minimum atomic E-state index is -0.295. The smallest absolute Gasteiger partial charge is 0.346 e. The number of hydrogen-bond donors (Lipinski definition) is 1. The van der Waals surface area contributed by atoms with Crippen molar-refractivity contribution in [3.8, 4) is 28.6 Å². The third-order valence-corrected chi connectivity index (χ3v) is 5.44. The predicted molar refractivity (Wildman–Crippen MR) is 126 cm³/mol. The first-order valence-corrected chi connectivity index (χ1v) is 10.9. The van der Waals surface area contributed by atoms with Gasteiger partial charge < -0.3 is 19.5 Å². The fourth-order valence-electron chi connectivity index (χ4n) is 3.63. The number of carbonyl (C=O) groups is 1. The summed E-state index contributed by atoms with van der Waals surface area (Å²) < 4.78 is 19.1. The van der Waals surface area contributed by atoms with Crippen molar-refractivity contribution in [2.24, 2.45) is 0 Å². The second-order valence-electron chi connectivity index (χ2n) is 7.76. The quantitative estimate of drug-likeness (QED) is 0.458. The molecule has 10 nitrogen and oxygen atoms in total. The van der Waals surface area contributed by atoms with Gasteiger partial charge in [-0.3, -0.25) is 14.3 Å². The molecule has 1 aromatic carbocycles. The standard InChI is InChI=1S/C24H27N5O5/c1-32-19-13-16(14-20(33-2)22(19)34-3)6-9-21(30)26-11-12-28-24(31)29(18-7-8-18)23(27-28)17-5-4-10-25-15-17/h4-6,9-10,13-15,18H,7-8,11-12H2,1-3H3,(H,26,30)/b9-6+. The molecule has 0 atom stereocenters. The third-order valence-electron chi connectivity index (χ3n) is 5.44. The summed E-state index contributed by atoms with van der Waals surface area (Å²) in [6, 6.07) is 7.36. The highest BCUT2D eigenvalue weighted by molar-refractivity contribution is 5.91. The van der Waals surface area contributed by atoms with Gasteiger partial charge >= 0.3 is 5.69 Å². The highest BCUT2D eigenvalue weighted by Crippen LogP contribution is 2.38. The van der Waals surface area contributed by atoms with Gasteiger partial charge in [0.25, 0.3) is 0 Å². The molecule has 1 N–H and O–H groups in total. The van der Waals surface area contributed by atoms with Gasteiger partial charge in [0.2, 0.25) is 11.7 Å². The number of rotatable bonds is 10. The molecule has 3 aromatic rings. The SMILES string of the molecule is COc1cc(/C=C/C(=O)NCCn2nc(-c3cccnc3)n(C3CC3)c2=O)cc(OC)c1OC. The number of amides is 1. The number of aromatic nitrogens is 4. The Balaban J connectivity index is 1.41. The number of hydrogen-bond acceptors (Lipinski definition) is 7. The molecule has 0 spiro atoms. The van der Waals surface area contributed by atoms with E-state index >= 15 is 0 Å². The minimum Gasteiger partial charge on any atom is -0.493 e. The van der Waals surface area contributed by atoms with Gasteiger partial charge in [0.1, 0.15) is 0 Å². The van der Waals surface area contributed by atoms with E-state index in [1.807, 2.05) is 12.1 Å². The van der Waals surface area contributed by atoms with E-state index in [1.165, 1.54) is 32.1 Å². The van der Waals surface area contributed by atoms with Gasteiger partial charge in [0.05, 0.1) is 27.9 Å². The van der Waals surface area contributed by atoms with Crippen LogP contribution < -0.4 is 25.2 Å². The molecule has 0 aliphatic heterocycles. The lowest BCUT2D eigenvalue weighted by atomic mass is 10.1. The second-order valence-corrected chi connectivity index (χ2v) is 7.76. The van der Waals surface area contributed by atoms with Crippen molar-refractivity contribution in [3.05, 3.63) is 58.8 Å². The van der Waals surface area contributed by atoms with Gasteiger partial charge in [0.15, 0.2) is 17.3 Å². The molecule has 2 aromatic heterocycles. The van der Waals surface area contributed by atoms with Crippen LogP contribution >= 0.6 is 0 Å². The molecule has 0 saturated heterocycles. The van der Waals surface area contributed by atoms with Crippen LogP contribution in [0.2, 0.25) is 0 Å². The summed E-state index contributed by atoms with van der Waals surface area (Å²) in [5.74, 6) is 1.78. The van der Waals surface area contributed by atoms with Gasteiger partial charge in [0, 0.05) is 36.6 Å². The Morgan fingerprint density at radius 2 is 1.91 bits per heavy atom. The number of methoxy groups -OCH3 is 3. The van der Waals surface area contributed by atoms with Crippen molar-refractivity contribution in [1.82, 2.24) is 24.6 Å². The Labute approximate surface area is 196 Å². The summed E-state index contributed by atoms with van der Waals surface area (Å²) in [4.78, 5) is 29.3. The van der Waals surface area contributed by atoms with Crippen LogP contribution in [0.15, 0.2) is 47.5 Å². The second kappa shape index (κ2) is 10.2. The number of pyridine rings is 1. The van der Waals surface area contributed by atoms with Crippen LogP contribution in [0.25, 0.3) is 17.5 Å². The zero-order valence-corrected chi connectivity index (χ0v) is 19.4. The number of nitrogens with zero attached hydrogens (tertiary/aromatic N) is 4. The Bertz CT molecular complexity index is 1220. The number of ether oxygens (including phenoxy) is 3. The maximum atomic E-state index is 12.9. The molecule has 1 amide bonds. The largest absolute Gasteiger partial charge is 0.493 e. The molecule has 0 radical (unpaired) electrons. The lowest BCUT2D eigenvalue weighted by molar-refractivity contribution is -0.116. The van der Waals surface area contributed by atoms with E-state index in [0.717, 1.165) is 18.4 Å². The fraction of sp³-hybridized carbons (Fsp3) is 0.333. The van der Waals surface area contributed by atoms with E-state index in [9.17, 15) is 9.59 Å². The van der Waals surface area contributed by atoms with Crippen LogP contribution in [0, 0.1) is 0 Å². The molecule has 178 valence electrons. The zero-order chi connectivity index (χ0) is 24.1. The number of nitrogens with one attached hydrogen (secondary N) is 1. The molecule has 4 rings (SSSR count). The normalized spacial score (nSPS) is 13.1. The third kappa shape index (κ3) is 4.95. The molecule has 2 heterocycles. The van der Waals surface area contributed by atoms with Gasteiger partial charge in [-0.1, -0.05) is 0 Å². The fourth-order valence-corrected chi connectivity index (χ4v) is 3.63. The minimum absolute atomic E-state index is 0.174. The highest BCUT2D eigenvalue weighted by Gasteiger charge is 2.30. The van der Waals surface area contributed by atoms with Crippen LogP contribution in [-0.4, -0.2) is 53.1 Å². The Morgan fingerprint density at radius 3 is 2.50 bits per heavy atom. The van der Waals surface area contributed by atoms with Gasteiger partial charge in [-0.2, -0.15) is 0 Å². The molecular weight excluding hydrogens is 438 g/mol. The summed E-state index contributed by atoms with van der Waals surface area (Å²) in [5, 5.41) is 7.29. The van der Waals surface area contributed by atoms with Gasteiger partial charge in [-0.15, -0.1) is 5.10 Å². The zero-order valence-electron chi connectivity index (χ0n) is 19.4. The van der Waals surface area contributed by atoms with Crippen molar-refractivity contribution < 1.29 is 19.0 Å². The summed E-state index contributed by atoms with van der Waals surface area (Å²) in [6.45, 7) is 0.516. The molecule has 10 heteroatoms. The van der Waals surface area contributed by atoms with Crippen LogP contribution in [0.4, 0.5) is 0 Å². The van der Waals surface area contributed by atoms with E-state index in [4.69, 9.17) is 14.2 Å². The molecule has 1 saturated carbocycles. The molecule has 1 aliphatic carbocycles. The summed E-state index contributed by atoms with van der Waals surface area (Å²) >= 11 is 0. The Morgan fingerprint density at radius 1 is 1.18 bits per heavy atom. The first-order chi connectivity index (χ1) is 16.5. The van der Waals surface area contributed by atoms with Crippen LogP contribution in [0.1, 0.15) is 24.4 Å². The van der Waals surface area contributed by atoms with E-state index in [2.05, 4.69) is 15.4 Å². The molecule has 34 heavy (non-hydrogen) atoms. The van der Waals surface area contributed by atoms with E-state index in [1.54, 1.807) is 35.2 Å². The molecular formula is C24H27N5O5. The van der Waals surface area contributed by atoms with Crippen LogP contribution in [0.5, 0.6) is 17.2 Å². The topological polar surface area (TPSA) is 110 Å². The van der Waals surface area contributed by atoms with E-state index in [0.29, 0.717) is 28.6 Å². The monoisotopic (exact) mass is 465 g/mol. The number of benzene rings is 1. The first-order valence-electron chi connectivity index (χ1n) is 10.9. The van der Waals surface area contributed by atoms with Crippen molar-refractivity contribution in [1.29, 1.82) is 0 Å². The molecule has 1 fully saturated rings. The Hall–Kier alpha value is -4.08. The van der Waals surface area contributed by atoms with Gasteiger partial charge in [-0.25, -0.2) is 9.48 Å². The average molecular weight is 466 g/mol. The van der Waals surface area contributed by atoms with Crippen LogP contribution in [0.3, 0.4) is 0 Å². The van der Waals surface area contributed by atoms with Crippen molar-refractivity contribution in [2.75, 3.05) is 27.9 Å². The number of carbonyl (C=O) groups excluding carboxylic acids is 1. The average Bonchev–Trinajstić information content (AvgIpc) is 3.65. The first kappa shape index (κ1) is 23.1. The summed E-state index contributed by atoms with van der Waals surface area (Å²) in [7, 11) is 4.59. The molecule has 1 aliphatic rings. The van der Waals surface area contributed by atoms with Gasteiger partial charge in [-0.05, 0) is 48.7 Å². The van der Waals surface area contributed by atoms with E-state index < -0.39 is 0 Å². The maximum absolute atomic E-state index is 12.9. The predicted octanol–water partition coefficient (Wildman–Crippen LogP) is 2.30. The summed E-state index contributed by atoms with van der Waals surface area (Å²) in [5.41, 5.74) is 1.33. The van der Waals surface area contributed by atoms with Crippen molar-refractivity contribution in [3.63, 3.8) is 0 Å². The Kier molecular flexibility index (Phi) is 6.95. The van der Waals surface area contributed by atoms with E-state index in [-0.39, 0.29) is 30.7 Å². The lowest BCUT2D eigenvalue weighted by Crippen LogP contribution is -2.31. The molecule has 0 bridgehead atoms. The van der Waals surface area contributed by atoms with Crippen molar-refractivity contribution >= 4 is 12.0 Å². The van der Waals surface area contributed by atoms with Crippen molar-refractivity contribution in [2.45, 2.75) is 25.4 Å².